The number of fused-ring (bicyclic) bond motifs is 1. The second-order valence-electron chi connectivity index (χ2n) is 5.47. The molecule has 0 radical (unpaired) electrons. The molecule has 98 valence electrons. The Hall–Kier alpha value is -2.29. The number of azo groups is 1. The summed E-state index contributed by atoms with van der Waals surface area (Å²) < 4.78 is 0. The SMILES string of the molecule is O=C1c2ccccc2C[C@]12N=NC[C@H]2c1ccccc1. The molecule has 1 heterocycles. The molecule has 0 unspecified atom stereocenters. The van der Waals surface area contributed by atoms with E-state index in [0.717, 1.165) is 16.7 Å². The number of hydrogen-bond acceptors (Lipinski definition) is 3. The minimum Gasteiger partial charge on any atom is -0.291 e. The molecule has 0 amide bonds. The zero-order chi connectivity index (χ0) is 13.6. The first-order valence-electron chi connectivity index (χ1n) is 6.87. The molecule has 0 fully saturated rings. The summed E-state index contributed by atoms with van der Waals surface area (Å²) in [5.41, 5.74) is 2.36. The van der Waals surface area contributed by atoms with Gasteiger partial charge in [-0.2, -0.15) is 10.2 Å². The number of Topliss-reactive ketones (excluding diaryl/α,β-unsaturated/α-hetero) is 1. The number of hydrogen-bond donors (Lipinski definition) is 0. The highest BCUT2D eigenvalue weighted by Gasteiger charge is 2.54. The van der Waals surface area contributed by atoms with Crippen molar-refractivity contribution in [1.82, 2.24) is 0 Å². The van der Waals surface area contributed by atoms with Crippen LogP contribution in [0.15, 0.2) is 64.8 Å². The summed E-state index contributed by atoms with van der Waals surface area (Å²) in [5.74, 6) is 0.187. The number of rotatable bonds is 1. The molecule has 0 saturated carbocycles. The van der Waals surface area contributed by atoms with Crippen molar-refractivity contribution in [3.8, 4) is 0 Å². The molecule has 2 atom stereocenters. The average molecular weight is 262 g/mol. The molecule has 3 heteroatoms. The number of nitrogens with zero attached hydrogens (tertiary/aromatic N) is 2. The lowest BCUT2D eigenvalue weighted by molar-refractivity contribution is 0.0897. The Morgan fingerprint density at radius 2 is 1.75 bits per heavy atom. The lowest BCUT2D eigenvalue weighted by Crippen LogP contribution is -2.38. The van der Waals surface area contributed by atoms with Crippen LogP contribution in [-0.2, 0) is 6.42 Å². The maximum absolute atomic E-state index is 12.9. The molecule has 0 bridgehead atoms. The van der Waals surface area contributed by atoms with E-state index in [4.69, 9.17) is 0 Å². The molecule has 20 heavy (non-hydrogen) atoms. The number of ketones is 1. The number of benzene rings is 2. The smallest absolute Gasteiger partial charge is 0.193 e. The topological polar surface area (TPSA) is 41.8 Å². The lowest BCUT2D eigenvalue weighted by atomic mass is 9.78. The van der Waals surface area contributed by atoms with Crippen molar-refractivity contribution in [1.29, 1.82) is 0 Å². The summed E-state index contributed by atoms with van der Waals surface area (Å²) in [6, 6.07) is 18.0. The molecule has 2 aliphatic rings. The van der Waals surface area contributed by atoms with Crippen LogP contribution in [-0.4, -0.2) is 17.9 Å². The third kappa shape index (κ3) is 1.43. The van der Waals surface area contributed by atoms with Crippen molar-refractivity contribution in [2.45, 2.75) is 17.9 Å². The quantitative estimate of drug-likeness (QED) is 0.776. The Morgan fingerprint density at radius 3 is 2.55 bits per heavy atom. The van der Waals surface area contributed by atoms with Gasteiger partial charge < -0.3 is 0 Å². The van der Waals surface area contributed by atoms with Crippen molar-refractivity contribution in [2.24, 2.45) is 10.2 Å². The molecule has 3 nitrogen and oxygen atoms in total. The Morgan fingerprint density at radius 1 is 1.00 bits per heavy atom. The number of carbonyl (C=O) groups is 1. The fourth-order valence-corrected chi connectivity index (χ4v) is 3.40. The zero-order valence-corrected chi connectivity index (χ0v) is 11.0. The summed E-state index contributed by atoms with van der Waals surface area (Å²) in [5, 5.41) is 8.61. The van der Waals surface area contributed by atoms with E-state index in [1.165, 1.54) is 0 Å². The van der Waals surface area contributed by atoms with E-state index in [9.17, 15) is 4.79 Å². The van der Waals surface area contributed by atoms with Gasteiger partial charge in [-0.1, -0.05) is 54.6 Å². The van der Waals surface area contributed by atoms with Gasteiger partial charge in [0.2, 0.25) is 0 Å². The van der Waals surface area contributed by atoms with Crippen LogP contribution in [0.4, 0.5) is 0 Å². The predicted molar refractivity (Wildman–Crippen MR) is 76.1 cm³/mol. The molecule has 0 N–H and O–H groups in total. The number of carbonyl (C=O) groups excluding carboxylic acids is 1. The molecule has 1 spiro atoms. The van der Waals surface area contributed by atoms with Gasteiger partial charge in [0.05, 0.1) is 6.54 Å². The van der Waals surface area contributed by atoms with Gasteiger partial charge in [0.1, 0.15) is 0 Å². The van der Waals surface area contributed by atoms with E-state index in [-0.39, 0.29) is 11.7 Å². The van der Waals surface area contributed by atoms with E-state index >= 15 is 0 Å². The van der Waals surface area contributed by atoms with Crippen LogP contribution < -0.4 is 0 Å². The van der Waals surface area contributed by atoms with Crippen LogP contribution in [0.25, 0.3) is 0 Å². The summed E-state index contributed by atoms with van der Waals surface area (Å²) in [6.45, 7) is 0.601. The minimum atomic E-state index is -0.703. The van der Waals surface area contributed by atoms with Crippen LogP contribution in [0.5, 0.6) is 0 Å². The van der Waals surface area contributed by atoms with Crippen molar-refractivity contribution >= 4 is 5.78 Å². The highest BCUT2D eigenvalue weighted by Crippen LogP contribution is 2.46. The summed E-state index contributed by atoms with van der Waals surface area (Å²) in [7, 11) is 0. The maximum atomic E-state index is 12.9. The van der Waals surface area contributed by atoms with Crippen LogP contribution >= 0.6 is 0 Å². The normalized spacial score (nSPS) is 27.2. The molecule has 1 aliphatic heterocycles. The van der Waals surface area contributed by atoms with Gasteiger partial charge in [0.15, 0.2) is 11.3 Å². The van der Waals surface area contributed by atoms with Crippen LogP contribution in [0.3, 0.4) is 0 Å². The van der Waals surface area contributed by atoms with Crippen molar-refractivity contribution in [3.63, 3.8) is 0 Å². The molecule has 2 aromatic rings. The third-order valence-corrected chi connectivity index (χ3v) is 4.41. The summed E-state index contributed by atoms with van der Waals surface area (Å²) in [6.07, 6.45) is 0.672. The average Bonchev–Trinajstić information content (AvgIpc) is 3.04. The van der Waals surface area contributed by atoms with Crippen LogP contribution in [0, 0.1) is 0 Å². The highest BCUT2D eigenvalue weighted by atomic mass is 16.1. The predicted octanol–water partition coefficient (Wildman–Crippen LogP) is 3.41. The summed E-state index contributed by atoms with van der Waals surface area (Å²) >= 11 is 0. The highest BCUT2D eigenvalue weighted by molar-refractivity contribution is 6.08. The molecule has 1 aliphatic carbocycles. The molecule has 0 saturated heterocycles. The van der Waals surface area contributed by atoms with E-state index in [0.29, 0.717) is 13.0 Å². The standard InChI is InChI=1S/C17H14N2O/c20-16-14-9-5-4-8-13(14)10-17(16)15(11-18-19-17)12-6-2-1-3-7-12/h1-9,15H,10-11H2/t15-,17+/m0/s1. The van der Waals surface area contributed by atoms with Crippen LogP contribution in [0.2, 0.25) is 0 Å². The molecule has 2 aromatic carbocycles. The Kier molecular flexibility index (Phi) is 2.36. The first-order chi connectivity index (χ1) is 9.81. The van der Waals surface area contributed by atoms with Gasteiger partial charge in [-0.3, -0.25) is 4.79 Å². The van der Waals surface area contributed by atoms with Gasteiger partial charge >= 0.3 is 0 Å². The Labute approximate surface area is 117 Å². The Balaban J connectivity index is 1.82. The fourth-order valence-electron chi connectivity index (χ4n) is 3.40. The molecular formula is C17H14N2O. The first-order valence-corrected chi connectivity index (χ1v) is 6.87. The van der Waals surface area contributed by atoms with E-state index < -0.39 is 5.54 Å². The van der Waals surface area contributed by atoms with E-state index in [1.807, 2.05) is 42.5 Å². The van der Waals surface area contributed by atoms with Crippen molar-refractivity contribution < 1.29 is 4.79 Å². The molecular weight excluding hydrogens is 248 g/mol. The largest absolute Gasteiger partial charge is 0.291 e. The van der Waals surface area contributed by atoms with E-state index in [2.05, 4.69) is 22.4 Å². The summed E-state index contributed by atoms with van der Waals surface area (Å²) in [4.78, 5) is 12.9. The van der Waals surface area contributed by atoms with Crippen LogP contribution in [0.1, 0.15) is 27.4 Å². The minimum absolute atomic E-state index is 0.0589. The van der Waals surface area contributed by atoms with Gasteiger partial charge in [0.25, 0.3) is 0 Å². The second kappa shape index (κ2) is 4.10. The Bertz CT molecular complexity index is 708. The van der Waals surface area contributed by atoms with Gasteiger partial charge in [0, 0.05) is 17.9 Å². The monoisotopic (exact) mass is 262 g/mol. The third-order valence-electron chi connectivity index (χ3n) is 4.41. The first kappa shape index (κ1) is 11.5. The van der Waals surface area contributed by atoms with E-state index in [1.54, 1.807) is 0 Å². The van der Waals surface area contributed by atoms with Gasteiger partial charge in [-0.05, 0) is 11.1 Å². The van der Waals surface area contributed by atoms with Gasteiger partial charge in [-0.15, -0.1) is 0 Å². The molecule has 0 aromatic heterocycles. The van der Waals surface area contributed by atoms with Crippen molar-refractivity contribution in [3.05, 3.63) is 71.3 Å². The second-order valence-corrected chi connectivity index (χ2v) is 5.47. The zero-order valence-electron chi connectivity index (χ0n) is 11.0. The lowest BCUT2D eigenvalue weighted by Gasteiger charge is -2.25. The van der Waals surface area contributed by atoms with Crippen molar-refractivity contribution in [2.75, 3.05) is 6.54 Å². The maximum Gasteiger partial charge on any atom is 0.193 e. The fraction of sp³-hybridized carbons (Fsp3) is 0.235. The molecule has 4 rings (SSSR count). The van der Waals surface area contributed by atoms with Gasteiger partial charge in [-0.25, -0.2) is 0 Å².